The summed E-state index contributed by atoms with van der Waals surface area (Å²) in [5.41, 5.74) is 2.37. The van der Waals surface area contributed by atoms with Crippen LogP contribution < -0.4 is 5.32 Å². The Morgan fingerprint density at radius 1 is 0.793 bits per heavy atom. The van der Waals surface area contributed by atoms with E-state index in [4.69, 9.17) is 4.74 Å². The van der Waals surface area contributed by atoms with Crippen LogP contribution in [0, 0.1) is 0 Å². The molecule has 0 spiro atoms. The second-order valence-electron chi connectivity index (χ2n) is 5.74. The molecule has 7 nitrogen and oxygen atoms in total. The summed E-state index contributed by atoms with van der Waals surface area (Å²) in [5, 5.41) is 2.81. The molecular formula is C22H21NO6. The predicted molar refractivity (Wildman–Crippen MR) is 109 cm³/mol. The molecule has 0 heterocycles. The first-order valence-corrected chi connectivity index (χ1v) is 8.59. The minimum Gasteiger partial charge on any atom is -0.466 e. The van der Waals surface area contributed by atoms with Crippen molar-refractivity contribution in [2.24, 2.45) is 0 Å². The maximum atomic E-state index is 12.2. The molecule has 2 aromatic carbocycles. The van der Waals surface area contributed by atoms with E-state index in [1.807, 2.05) is 30.3 Å². The van der Waals surface area contributed by atoms with Gasteiger partial charge in [0.25, 0.3) is 0 Å². The summed E-state index contributed by atoms with van der Waals surface area (Å²) >= 11 is 0. The summed E-state index contributed by atoms with van der Waals surface area (Å²) < 4.78 is 14.1. The first-order valence-electron chi connectivity index (χ1n) is 8.59. The van der Waals surface area contributed by atoms with Gasteiger partial charge in [-0.2, -0.15) is 0 Å². The monoisotopic (exact) mass is 395 g/mol. The molecule has 0 saturated heterocycles. The van der Waals surface area contributed by atoms with Crippen LogP contribution in [0.1, 0.15) is 11.1 Å². The lowest BCUT2D eigenvalue weighted by Gasteiger charge is -2.10. The summed E-state index contributed by atoms with van der Waals surface area (Å²) in [6.45, 7) is 0. The van der Waals surface area contributed by atoms with Crippen LogP contribution in [0.4, 0.5) is 5.69 Å². The molecule has 2 rings (SSSR count). The molecule has 0 radical (unpaired) electrons. The molecule has 150 valence electrons. The molecule has 0 aliphatic carbocycles. The van der Waals surface area contributed by atoms with Gasteiger partial charge in [0.1, 0.15) is 5.70 Å². The van der Waals surface area contributed by atoms with Crippen molar-refractivity contribution in [2.45, 2.75) is 0 Å². The van der Waals surface area contributed by atoms with Crippen LogP contribution in [0.15, 0.2) is 66.4 Å². The maximum absolute atomic E-state index is 12.2. The molecule has 0 amide bonds. The van der Waals surface area contributed by atoms with Crippen molar-refractivity contribution in [3.05, 3.63) is 77.5 Å². The second-order valence-corrected chi connectivity index (χ2v) is 5.74. The molecule has 0 atom stereocenters. The number of carbonyl (C=O) groups is 3. The fourth-order valence-electron chi connectivity index (χ4n) is 2.41. The van der Waals surface area contributed by atoms with Gasteiger partial charge in [0.05, 0.1) is 33.0 Å². The largest absolute Gasteiger partial charge is 0.466 e. The first kappa shape index (κ1) is 21.4. The molecular weight excluding hydrogens is 374 g/mol. The zero-order valence-electron chi connectivity index (χ0n) is 16.3. The van der Waals surface area contributed by atoms with Gasteiger partial charge in [0.15, 0.2) is 0 Å². The van der Waals surface area contributed by atoms with Crippen LogP contribution in [-0.4, -0.2) is 39.2 Å². The third-order valence-corrected chi connectivity index (χ3v) is 3.86. The highest BCUT2D eigenvalue weighted by molar-refractivity contribution is 6.21. The Morgan fingerprint density at radius 2 is 1.41 bits per heavy atom. The summed E-state index contributed by atoms with van der Waals surface area (Å²) in [7, 11) is 3.75. The molecule has 2 aromatic rings. The summed E-state index contributed by atoms with van der Waals surface area (Å²) in [6.07, 6.45) is 2.71. The quantitative estimate of drug-likeness (QED) is 0.333. The Kier molecular flexibility index (Phi) is 7.73. The third-order valence-electron chi connectivity index (χ3n) is 3.86. The van der Waals surface area contributed by atoms with Crippen molar-refractivity contribution in [3.63, 3.8) is 0 Å². The average Bonchev–Trinajstić information content (AvgIpc) is 2.77. The maximum Gasteiger partial charge on any atom is 0.354 e. The predicted octanol–water partition coefficient (Wildman–Crippen LogP) is 3.04. The van der Waals surface area contributed by atoms with Gasteiger partial charge in [-0.25, -0.2) is 14.4 Å². The number of hydrogen-bond acceptors (Lipinski definition) is 7. The summed E-state index contributed by atoms with van der Waals surface area (Å²) in [4.78, 5) is 35.4. The highest BCUT2D eigenvalue weighted by Gasteiger charge is 2.14. The topological polar surface area (TPSA) is 90.9 Å². The first-order chi connectivity index (χ1) is 14.0. The Labute approximate surface area is 168 Å². The minimum absolute atomic E-state index is 0.0674. The Morgan fingerprint density at radius 3 is 1.97 bits per heavy atom. The van der Waals surface area contributed by atoms with E-state index in [-0.39, 0.29) is 5.70 Å². The van der Waals surface area contributed by atoms with Gasteiger partial charge in [0, 0.05) is 5.69 Å². The van der Waals surface area contributed by atoms with Crippen LogP contribution in [0.5, 0.6) is 0 Å². The van der Waals surface area contributed by atoms with Crippen LogP contribution in [0.3, 0.4) is 0 Å². The molecule has 0 aromatic heterocycles. The lowest BCUT2D eigenvalue weighted by atomic mass is 10.0. The number of benzene rings is 2. The third kappa shape index (κ3) is 6.07. The molecule has 0 unspecified atom stereocenters. The Hall–Kier alpha value is -3.87. The van der Waals surface area contributed by atoms with E-state index >= 15 is 0 Å². The summed E-state index contributed by atoms with van der Waals surface area (Å²) in [5.74, 6) is -1.85. The van der Waals surface area contributed by atoms with E-state index in [0.717, 1.165) is 17.2 Å². The lowest BCUT2D eigenvalue weighted by molar-refractivity contribution is -0.138. The van der Waals surface area contributed by atoms with Crippen LogP contribution >= 0.6 is 0 Å². The van der Waals surface area contributed by atoms with E-state index in [9.17, 15) is 14.4 Å². The van der Waals surface area contributed by atoms with Crippen molar-refractivity contribution in [3.8, 4) is 0 Å². The number of esters is 3. The molecule has 7 heteroatoms. The van der Waals surface area contributed by atoms with Gasteiger partial charge in [-0.15, -0.1) is 0 Å². The van der Waals surface area contributed by atoms with E-state index in [2.05, 4.69) is 14.8 Å². The van der Waals surface area contributed by atoms with Crippen LogP contribution in [0.25, 0.3) is 11.6 Å². The molecule has 0 aliphatic heterocycles. The molecule has 1 N–H and O–H groups in total. The number of nitrogens with one attached hydrogen (secondary N) is 1. The van der Waals surface area contributed by atoms with Gasteiger partial charge in [-0.1, -0.05) is 42.5 Å². The zero-order valence-corrected chi connectivity index (χ0v) is 16.3. The zero-order chi connectivity index (χ0) is 21.2. The fraction of sp³-hybridized carbons (Fsp3) is 0.136. The standard InChI is InChI=1S/C22H21NO6/c1-27-20(24)14-19(22(26)29-3)23-17-11-9-15(10-12-17)13-18(21(25)28-2)16-7-5-4-6-8-16/h4-14,23H,1-3H3/b18-13?,19-14+. The van der Waals surface area contributed by atoms with E-state index < -0.39 is 17.9 Å². The highest BCUT2D eigenvalue weighted by Crippen LogP contribution is 2.21. The Bertz CT molecular complexity index is 930. The highest BCUT2D eigenvalue weighted by atomic mass is 16.5. The van der Waals surface area contributed by atoms with Gasteiger partial charge >= 0.3 is 17.9 Å². The number of rotatable bonds is 7. The van der Waals surface area contributed by atoms with Gasteiger partial charge in [0.2, 0.25) is 0 Å². The lowest BCUT2D eigenvalue weighted by Crippen LogP contribution is -2.15. The van der Waals surface area contributed by atoms with Gasteiger partial charge in [-0.05, 0) is 29.3 Å². The number of ether oxygens (including phenoxy) is 3. The molecule has 0 saturated carbocycles. The van der Waals surface area contributed by atoms with Crippen molar-refractivity contribution < 1.29 is 28.6 Å². The molecule has 29 heavy (non-hydrogen) atoms. The van der Waals surface area contributed by atoms with E-state index in [1.54, 1.807) is 30.3 Å². The summed E-state index contributed by atoms with van der Waals surface area (Å²) in [6, 6.07) is 16.1. The average molecular weight is 395 g/mol. The number of anilines is 1. The van der Waals surface area contributed by atoms with Crippen molar-refractivity contribution in [2.75, 3.05) is 26.6 Å². The van der Waals surface area contributed by atoms with E-state index in [0.29, 0.717) is 11.3 Å². The van der Waals surface area contributed by atoms with Crippen molar-refractivity contribution in [1.82, 2.24) is 0 Å². The van der Waals surface area contributed by atoms with Crippen LogP contribution in [0.2, 0.25) is 0 Å². The van der Waals surface area contributed by atoms with Gasteiger partial charge < -0.3 is 19.5 Å². The molecule has 0 bridgehead atoms. The van der Waals surface area contributed by atoms with Crippen molar-refractivity contribution in [1.29, 1.82) is 0 Å². The molecule has 0 fully saturated rings. The number of methoxy groups -OCH3 is 3. The normalized spacial score (nSPS) is 11.4. The van der Waals surface area contributed by atoms with Crippen LogP contribution in [-0.2, 0) is 28.6 Å². The molecule has 0 aliphatic rings. The smallest absolute Gasteiger partial charge is 0.354 e. The number of hydrogen-bond donors (Lipinski definition) is 1. The Balaban J connectivity index is 2.29. The fourth-order valence-corrected chi connectivity index (χ4v) is 2.41. The minimum atomic E-state index is -0.712. The van der Waals surface area contributed by atoms with Gasteiger partial charge in [-0.3, -0.25) is 0 Å². The number of carbonyl (C=O) groups excluding carboxylic acids is 3. The van der Waals surface area contributed by atoms with Crippen molar-refractivity contribution >= 4 is 35.2 Å². The van der Waals surface area contributed by atoms with E-state index in [1.165, 1.54) is 21.3 Å². The SMILES string of the molecule is COC(=O)/C=C(/Nc1ccc(C=C(C(=O)OC)c2ccccc2)cc1)C(=O)OC. The second kappa shape index (κ2) is 10.5.